The average Bonchev–Trinajstić information content (AvgIpc) is 2.74. The van der Waals surface area contributed by atoms with E-state index < -0.39 is 0 Å². The Morgan fingerprint density at radius 2 is 2.39 bits per heavy atom. The van der Waals surface area contributed by atoms with Crippen LogP contribution in [0, 0.1) is 12.7 Å². The Kier molecular flexibility index (Phi) is 3.76. The topological polar surface area (TPSA) is 57.3 Å². The van der Waals surface area contributed by atoms with Crippen LogP contribution in [-0.4, -0.2) is 35.4 Å². The zero-order chi connectivity index (χ0) is 13.1. The van der Waals surface area contributed by atoms with Gasteiger partial charge in [-0.25, -0.2) is 9.37 Å². The van der Waals surface area contributed by atoms with Gasteiger partial charge in [-0.1, -0.05) is 0 Å². The summed E-state index contributed by atoms with van der Waals surface area (Å²) in [6, 6.07) is 1.27. The minimum atomic E-state index is -0.389. The van der Waals surface area contributed by atoms with Gasteiger partial charge in [-0.2, -0.15) is 0 Å². The van der Waals surface area contributed by atoms with Crippen molar-refractivity contribution in [1.29, 1.82) is 0 Å². The molecular formula is C12H17FN4O. The Morgan fingerprint density at radius 3 is 3.00 bits per heavy atom. The first-order valence-corrected chi connectivity index (χ1v) is 5.96. The van der Waals surface area contributed by atoms with E-state index in [1.165, 1.54) is 6.07 Å². The van der Waals surface area contributed by atoms with E-state index in [-0.39, 0.29) is 17.8 Å². The third-order valence-electron chi connectivity index (χ3n) is 3.17. The van der Waals surface area contributed by atoms with Gasteiger partial charge in [0.15, 0.2) is 0 Å². The Balaban J connectivity index is 1.93. The van der Waals surface area contributed by atoms with Crippen LogP contribution in [0.3, 0.4) is 0 Å². The monoisotopic (exact) mass is 252 g/mol. The number of nitrogens with zero attached hydrogens (tertiary/aromatic N) is 2. The highest BCUT2D eigenvalue weighted by atomic mass is 19.1. The van der Waals surface area contributed by atoms with Crippen LogP contribution in [0.5, 0.6) is 0 Å². The molecular weight excluding hydrogens is 235 g/mol. The molecule has 0 radical (unpaired) electrons. The quantitative estimate of drug-likeness (QED) is 0.790. The second-order valence-corrected chi connectivity index (χ2v) is 4.57. The van der Waals surface area contributed by atoms with Crippen molar-refractivity contribution in [3.63, 3.8) is 0 Å². The van der Waals surface area contributed by atoms with Crippen molar-refractivity contribution in [3.05, 3.63) is 23.6 Å². The predicted molar refractivity (Wildman–Crippen MR) is 66.3 cm³/mol. The Labute approximate surface area is 105 Å². The first-order chi connectivity index (χ1) is 8.58. The van der Waals surface area contributed by atoms with Gasteiger partial charge in [-0.15, -0.1) is 0 Å². The molecule has 0 bridgehead atoms. The predicted octanol–water partition coefficient (Wildman–Crippen LogP) is 1.07. The molecule has 0 aromatic carbocycles. The van der Waals surface area contributed by atoms with Gasteiger partial charge in [-0.3, -0.25) is 20.5 Å². The molecule has 2 heterocycles. The molecule has 0 spiro atoms. The second kappa shape index (κ2) is 5.30. The van der Waals surface area contributed by atoms with Gasteiger partial charge in [0.05, 0.1) is 12.2 Å². The summed E-state index contributed by atoms with van der Waals surface area (Å²) in [7, 11) is 1.93. The molecule has 1 aromatic rings. The van der Waals surface area contributed by atoms with Crippen LogP contribution < -0.4 is 10.9 Å². The molecule has 0 unspecified atom stereocenters. The number of rotatable bonds is 3. The molecule has 98 valence electrons. The van der Waals surface area contributed by atoms with E-state index in [9.17, 15) is 9.18 Å². The summed E-state index contributed by atoms with van der Waals surface area (Å²) in [6.45, 7) is 2.66. The third-order valence-corrected chi connectivity index (χ3v) is 3.17. The van der Waals surface area contributed by atoms with Gasteiger partial charge < -0.3 is 0 Å². The molecule has 1 fully saturated rings. The highest BCUT2D eigenvalue weighted by molar-refractivity contribution is 5.83. The van der Waals surface area contributed by atoms with E-state index in [0.717, 1.165) is 25.6 Å². The fourth-order valence-corrected chi connectivity index (χ4v) is 2.12. The molecule has 0 aliphatic carbocycles. The summed E-state index contributed by atoms with van der Waals surface area (Å²) >= 11 is 0. The van der Waals surface area contributed by atoms with Crippen molar-refractivity contribution in [3.8, 4) is 0 Å². The SMILES string of the molecule is Cc1cc(F)cnc1NNC(=O)[C@@H]1CCCN1C. The second-order valence-electron chi connectivity index (χ2n) is 4.57. The van der Waals surface area contributed by atoms with Gasteiger partial charge in [0.2, 0.25) is 0 Å². The lowest BCUT2D eigenvalue weighted by molar-refractivity contribution is -0.124. The molecule has 1 atom stereocenters. The van der Waals surface area contributed by atoms with E-state index >= 15 is 0 Å². The Morgan fingerprint density at radius 1 is 1.61 bits per heavy atom. The first-order valence-electron chi connectivity index (χ1n) is 5.96. The van der Waals surface area contributed by atoms with Crippen LogP contribution in [0.25, 0.3) is 0 Å². The first kappa shape index (κ1) is 12.8. The van der Waals surface area contributed by atoms with Crippen molar-refractivity contribution in [2.45, 2.75) is 25.8 Å². The third kappa shape index (κ3) is 2.76. The highest BCUT2D eigenvalue weighted by Gasteiger charge is 2.27. The Hall–Kier alpha value is -1.69. The molecule has 1 aliphatic heterocycles. The summed E-state index contributed by atoms with van der Waals surface area (Å²) in [5.41, 5.74) is 6.00. The van der Waals surface area contributed by atoms with E-state index in [2.05, 4.69) is 15.8 Å². The lowest BCUT2D eigenvalue weighted by atomic mass is 10.2. The normalized spacial score (nSPS) is 19.8. The average molecular weight is 252 g/mol. The number of hydrazine groups is 1. The van der Waals surface area contributed by atoms with Crippen LogP contribution >= 0.6 is 0 Å². The number of hydrogen-bond donors (Lipinski definition) is 2. The smallest absolute Gasteiger partial charge is 0.255 e. The van der Waals surface area contributed by atoms with Crippen molar-refractivity contribution in [2.24, 2.45) is 0 Å². The molecule has 2 N–H and O–H groups in total. The van der Waals surface area contributed by atoms with Crippen molar-refractivity contribution in [1.82, 2.24) is 15.3 Å². The van der Waals surface area contributed by atoms with Gasteiger partial charge in [0.25, 0.3) is 5.91 Å². The molecule has 1 aromatic heterocycles. The summed E-state index contributed by atoms with van der Waals surface area (Å²) in [5.74, 6) is -0.00849. The van der Waals surface area contributed by atoms with E-state index in [1.54, 1.807) is 6.92 Å². The summed E-state index contributed by atoms with van der Waals surface area (Å²) in [5, 5.41) is 0. The largest absolute Gasteiger partial charge is 0.295 e. The number of nitrogens with one attached hydrogen (secondary N) is 2. The number of pyridine rings is 1. The number of anilines is 1. The number of carbonyl (C=O) groups excluding carboxylic acids is 1. The lowest BCUT2D eigenvalue weighted by Crippen LogP contribution is -2.43. The molecule has 1 amide bonds. The fraction of sp³-hybridized carbons (Fsp3) is 0.500. The van der Waals surface area contributed by atoms with E-state index in [0.29, 0.717) is 11.4 Å². The van der Waals surface area contributed by atoms with Crippen LogP contribution in [0.4, 0.5) is 10.2 Å². The zero-order valence-electron chi connectivity index (χ0n) is 10.5. The summed E-state index contributed by atoms with van der Waals surface area (Å²) < 4.78 is 12.9. The summed E-state index contributed by atoms with van der Waals surface area (Å²) in [6.07, 6.45) is 3.01. The number of aryl methyl sites for hydroxylation is 1. The van der Waals surface area contributed by atoms with Gasteiger partial charge in [0, 0.05) is 0 Å². The van der Waals surface area contributed by atoms with Gasteiger partial charge >= 0.3 is 0 Å². The molecule has 6 heteroatoms. The number of halogens is 1. The van der Waals surface area contributed by atoms with E-state index in [4.69, 9.17) is 0 Å². The number of carbonyl (C=O) groups is 1. The fourth-order valence-electron chi connectivity index (χ4n) is 2.12. The van der Waals surface area contributed by atoms with Crippen LogP contribution in [-0.2, 0) is 4.79 Å². The minimum absolute atomic E-state index is 0.0828. The number of hydrogen-bond acceptors (Lipinski definition) is 4. The standard InChI is InChI=1S/C12H17FN4O/c1-8-6-9(13)7-14-11(8)15-16-12(18)10-4-3-5-17(10)2/h6-7,10H,3-5H2,1-2H3,(H,14,15)(H,16,18)/t10-/m0/s1. The minimum Gasteiger partial charge on any atom is -0.295 e. The molecule has 1 aliphatic rings. The molecule has 5 nitrogen and oxygen atoms in total. The van der Waals surface area contributed by atoms with Gasteiger partial charge in [0.1, 0.15) is 11.6 Å². The van der Waals surface area contributed by atoms with Crippen molar-refractivity contribution >= 4 is 11.7 Å². The maximum atomic E-state index is 12.9. The van der Waals surface area contributed by atoms with Crippen LogP contribution in [0.1, 0.15) is 18.4 Å². The van der Waals surface area contributed by atoms with E-state index in [1.807, 2.05) is 11.9 Å². The molecule has 1 saturated heterocycles. The number of aromatic nitrogens is 1. The number of likely N-dealkylation sites (tertiary alicyclic amines) is 1. The summed E-state index contributed by atoms with van der Waals surface area (Å²) in [4.78, 5) is 17.8. The van der Waals surface area contributed by atoms with Crippen molar-refractivity contribution < 1.29 is 9.18 Å². The maximum Gasteiger partial charge on any atom is 0.255 e. The van der Waals surface area contributed by atoms with Crippen LogP contribution in [0.15, 0.2) is 12.3 Å². The number of amides is 1. The molecule has 18 heavy (non-hydrogen) atoms. The Bertz CT molecular complexity index is 452. The maximum absolute atomic E-state index is 12.9. The lowest BCUT2D eigenvalue weighted by Gasteiger charge is -2.19. The highest BCUT2D eigenvalue weighted by Crippen LogP contribution is 2.15. The zero-order valence-corrected chi connectivity index (χ0v) is 10.5. The van der Waals surface area contributed by atoms with Crippen LogP contribution in [0.2, 0.25) is 0 Å². The van der Waals surface area contributed by atoms with Crippen molar-refractivity contribution in [2.75, 3.05) is 19.0 Å². The van der Waals surface area contributed by atoms with Gasteiger partial charge in [-0.05, 0) is 45.0 Å². The molecule has 2 rings (SSSR count). The number of likely N-dealkylation sites (N-methyl/N-ethyl adjacent to an activating group) is 1. The molecule has 0 saturated carbocycles.